The van der Waals surface area contributed by atoms with Crippen molar-refractivity contribution in [3.63, 3.8) is 0 Å². The zero-order valence-corrected chi connectivity index (χ0v) is 33.3. The highest BCUT2D eigenvalue weighted by Gasteiger charge is 2.82. The van der Waals surface area contributed by atoms with Crippen molar-refractivity contribution in [2.24, 2.45) is 0 Å². The Morgan fingerprint density at radius 1 is 0.455 bits per heavy atom. The fourth-order valence-electron chi connectivity index (χ4n) is 7.10. The van der Waals surface area contributed by atoms with E-state index in [0.717, 1.165) is 0 Å². The van der Waals surface area contributed by atoms with Gasteiger partial charge in [-0.3, -0.25) is 0 Å². The van der Waals surface area contributed by atoms with Gasteiger partial charge in [0.2, 0.25) is 0 Å². The first-order valence-corrected chi connectivity index (χ1v) is 32.2. The zero-order valence-electron chi connectivity index (χ0n) is 25.3. The quantitative estimate of drug-likeness (QED) is 0.233. The highest BCUT2D eigenvalue weighted by molar-refractivity contribution is 7.03. The van der Waals surface area contributed by atoms with E-state index in [1.54, 1.807) is 0 Å². The van der Waals surface area contributed by atoms with Gasteiger partial charge in [0.25, 0.3) is 0 Å². The van der Waals surface area contributed by atoms with Crippen molar-refractivity contribution < 1.29 is 68.3 Å². The lowest BCUT2D eigenvalue weighted by Gasteiger charge is -2.62. The van der Waals surface area contributed by atoms with Crippen LogP contribution in [0.2, 0.25) is 49.9 Å². The van der Waals surface area contributed by atoms with Crippen LogP contribution in [0.4, 0.5) is 0 Å². The van der Waals surface area contributed by atoms with Crippen molar-refractivity contribution in [1.29, 1.82) is 0 Å². The molecule has 10 saturated heterocycles. The Balaban J connectivity index is 1.25. The van der Waals surface area contributed by atoms with Crippen molar-refractivity contribution in [2.75, 3.05) is 33.0 Å². The minimum atomic E-state index is -3.88. The summed E-state index contributed by atoms with van der Waals surface area (Å²) in [5.74, 6) is 0. The Kier molecular flexibility index (Phi) is 7.29. The van der Waals surface area contributed by atoms with Gasteiger partial charge in [-0.2, -0.15) is 0 Å². The van der Waals surface area contributed by atoms with E-state index < -0.39 is 70.4 Å². The fourth-order valence-corrected chi connectivity index (χ4v) is 55.5. The van der Waals surface area contributed by atoms with Crippen LogP contribution >= 0.6 is 0 Å². The molecule has 8 bridgehead atoms. The SMILES string of the molecule is C[Si]12O[Si]3(C)O[Si]4(C)O[Si](C)(O1)O[Si]1(CCC5CO5)O[Si](CCC5CO5)(O2)O[Si](CCC2CO2)(O3)O[Si](C2CCOC2)(O4)O1. The Bertz CT molecular complexity index is 1120. The van der Waals surface area contributed by atoms with Crippen LogP contribution < -0.4 is 0 Å². The summed E-state index contributed by atoms with van der Waals surface area (Å²) in [5, 5.41) is 0. The van der Waals surface area contributed by atoms with E-state index in [1.807, 2.05) is 26.2 Å². The molecule has 0 aromatic heterocycles. The second-order valence-electron chi connectivity index (χ2n) is 13.4. The minimum Gasteiger partial charge on any atom is -0.381 e. The number of epoxide rings is 3. The Hall–Kier alpha value is 1.10. The molecule has 10 heterocycles. The van der Waals surface area contributed by atoms with E-state index in [2.05, 4.69) is 0 Å². The summed E-state index contributed by atoms with van der Waals surface area (Å²) in [6.45, 7) is 10.3. The molecule has 10 fully saturated rings. The van der Waals surface area contributed by atoms with E-state index in [4.69, 9.17) is 68.3 Å². The summed E-state index contributed by atoms with van der Waals surface area (Å²) < 4.78 is 109. The maximum absolute atomic E-state index is 7.42. The van der Waals surface area contributed by atoms with Crippen molar-refractivity contribution in [3.05, 3.63) is 0 Å². The number of rotatable bonds is 10. The van der Waals surface area contributed by atoms with E-state index in [1.165, 1.54) is 0 Å². The molecule has 0 spiro atoms. The van der Waals surface area contributed by atoms with E-state index in [-0.39, 0.29) is 23.9 Å². The van der Waals surface area contributed by atoms with Crippen LogP contribution in [0.3, 0.4) is 0 Å². The first-order chi connectivity index (χ1) is 20.8. The Morgan fingerprint density at radius 3 is 1.20 bits per heavy atom. The van der Waals surface area contributed by atoms with Crippen molar-refractivity contribution in [2.45, 2.75) is 93.9 Å². The highest BCUT2D eigenvalue weighted by atomic mass is 28.6. The van der Waals surface area contributed by atoms with Crippen molar-refractivity contribution in [3.8, 4) is 0 Å². The van der Waals surface area contributed by atoms with Crippen LogP contribution in [0.5, 0.6) is 0 Å². The molecule has 0 amide bonds. The van der Waals surface area contributed by atoms with Crippen LogP contribution in [0, 0.1) is 0 Å². The van der Waals surface area contributed by atoms with E-state index in [9.17, 15) is 0 Å². The summed E-state index contributed by atoms with van der Waals surface area (Å²) in [6, 6.07) is 1.29. The third kappa shape index (κ3) is 5.97. The zero-order chi connectivity index (χ0) is 30.1. The summed E-state index contributed by atoms with van der Waals surface area (Å²) in [5.41, 5.74) is -0.228. The molecule has 8 atom stereocenters. The monoisotopic (exact) mass is 760 g/mol. The van der Waals surface area contributed by atoms with Gasteiger partial charge in [-0.1, -0.05) is 0 Å². The largest absolute Gasteiger partial charge is 0.484 e. The second kappa shape index (κ2) is 10.3. The minimum absolute atomic E-state index is 0.0949. The lowest BCUT2D eigenvalue weighted by Crippen LogP contribution is -2.87. The molecule has 0 aliphatic carbocycles. The van der Waals surface area contributed by atoms with Gasteiger partial charge in [0.1, 0.15) is 0 Å². The lowest BCUT2D eigenvalue weighted by molar-refractivity contribution is -0.0274. The molecule has 24 heteroatoms. The van der Waals surface area contributed by atoms with Crippen LogP contribution in [0.25, 0.3) is 0 Å². The molecule has 10 rings (SSSR count). The molecule has 0 aromatic carbocycles. The first kappa shape index (κ1) is 31.1. The molecule has 0 radical (unpaired) electrons. The molecule has 16 nitrogen and oxygen atoms in total. The Morgan fingerprint density at radius 2 is 0.841 bits per heavy atom. The standard InChI is InChI=1S/C20H40O16Si8/c1-37-25-38(2)27-40(4)28-39(3,26-37)31-43(12-8-19-15-24-19)34-41(29-37,10-6-17-13-22-17)33-42(30-38,11-7-18-14-23-18)35-44(32-40,36-43)20-5-9-21-16-20/h17-20H,5-16H2,1-4H3. The van der Waals surface area contributed by atoms with Crippen LogP contribution in [0.1, 0.15) is 25.7 Å². The number of hydrogen-bond acceptors (Lipinski definition) is 16. The van der Waals surface area contributed by atoms with Crippen LogP contribution in [-0.4, -0.2) is 122 Å². The average Bonchev–Trinajstić information content (AvgIpc) is 3.75. The Labute approximate surface area is 264 Å². The van der Waals surface area contributed by atoms with E-state index in [0.29, 0.717) is 76.8 Å². The number of ether oxygens (including phenoxy) is 4. The predicted molar refractivity (Wildman–Crippen MR) is 159 cm³/mol. The number of hydrogen-bond donors (Lipinski definition) is 0. The first-order valence-electron chi connectivity index (χ1n) is 15.7. The van der Waals surface area contributed by atoms with E-state index >= 15 is 0 Å². The molecular formula is C20H40O16Si8. The van der Waals surface area contributed by atoms with Crippen LogP contribution in [-0.2, 0) is 68.3 Å². The van der Waals surface area contributed by atoms with Crippen LogP contribution in [0.15, 0.2) is 0 Å². The average molecular weight is 761 g/mol. The van der Waals surface area contributed by atoms with Crippen molar-refractivity contribution in [1.82, 2.24) is 0 Å². The summed E-state index contributed by atoms with van der Waals surface area (Å²) in [4.78, 5) is 0. The molecule has 0 saturated carbocycles. The van der Waals surface area contributed by atoms with Gasteiger partial charge in [-0.25, -0.2) is 0 Å². The highest BCUT2D eigenvalue weighted by Crippen LogP contribution is 2.54. The summed E-state index contributed by atoms with van der Waals surface area (Å²) in [6.07, 6.45) is 2.95. The topological polar surface area (TPSA) is 158 Å². The molecule has 0 N–H and O–H groups in total. The van der Waals surface area contributed by atoms with Gasteiger partial charge < -0.3 is 68.3 Å². The molecule has 10 aliphatic heterocycles. The molecule has 10 aliphatic rings. The summed E-state index contributed by atoms with van der Waals surface area (Å²) >= 11 is 0. The maximum atomic E-state index is 7.42. The van der Waals surface area contributed by atoms with Gasteiger partial charge in [0.15, 0.2) is 0 Å². The predicted octanol–water partition coefficient (Wildman–Crippen LogP) is 1.44. The van der Waals surface area contributed by atoms with Gasteiger partial charge in [0, 0.05) is 50.9 Å². The van der Waals surface area contributed by atoms with Gasteiger partial charge >= 0.3 is 70.4 Å². The van der Waals surface area contributed by atoms with Gasteiger partial charge in [-0.05, 0) is 25.7 Å². The molecular weight excluding hydrogens is 721 g/mol. The maximum Gasteiger partial charge on any atom is 0.484 e. The van der Waals surface area contributed by atoms with Crippen molar-refractivity contribution >= 4 is 70.4 Å². The normalized spacial score (nSPS) is 58.6. The third-order valence-corrected chi connectivity index (χ3v) is 45.6. The molecule has 0 aromatic rings. The molecule has 44 heavy (non-hydrogen) atoms. The smallest absolute Gasteiger partial charge is 0.381 e. The molecule has 248 valence electrons. The second-order valence-corrected chi connectivity index (χ2v) is 37.7. The summed E-state index contributed by atoms with van der Waals surface area (Å²) in [7, 11) is -29.9. The molecule has 8 unspecified atom stereocenters. The van der Waals surface area contributed by atoms with Gasteiger partial charge in [0.05, 0.1) is 50.3 Å². The fraction of sp³-hybridized carbons (Fsp3) is 1.00. The lowest BCUT2D eigenvalue weighted by atomic mass is 10.4. The van der Waals surface area contributed by atoms with Gasteiger partial charge in [-0.15, -0.1) is 0 Å². The third-order valence-electron chi connectivity index (χ3n) is 9.01.